The van der Waals surface area contributed by atoms with Crippen molar-refractivity contribution in [2.75, 3.05) is 6.54 Å². The summed E-state index contributed by atoms with van der Waals surface area (Å²) in [6, 6.07) is 3.84. The summed E-state index contributed by atoms with van der Waals surface area (Å²) in [4.78, 5) is 11.7. The molecule has 20 heavy (non-hydrogen) atoms. The second-order valence-corrected chi connectivity index (χ2v) is 5.40. The maximum Gasteiger partial charge on any atom is 0.234 e. The van der Waals surface area contributed by atoms with E-state index in [2.05, 4.69) is 17.6 Å². The van der Waals surface area contributed by atoms with Crippen LogP contribution in [0.25, 0.3) is 0 Å². The number of carbonyl (C=O) groups is 1. The van der Waals surface area contributed by atoms with Crippen LogP contribution in [0, 0.1) is 19.7 Å². The van der Waals surface area contributed by atoms with Gasteiger partial charge in [-0.25, -0.2) is 4.39 Å². The summed E-state index contributed by atoms with van der Waals surface area (Å²) >= 11 is 0. The number of nitrogens with one attached hydrogen (secondary N) is 2. The average Bonchev–Trinajstić information content (AvgIpc) is 2.36. The standard InChI is InChI=1S/C16H25FN2O/c1-5-6-13(4)19-15(20)10-18-9-14-7-11(2)16(17)12(3)8-14/h7-8,13,18H,5-6,9-10H2,1-4H3,(H,19,20). The minimum Gasteiger partial charge on any atom is -0.353 e. The van der Waals surface area contributed by atoms with E-state index in [1.54, 1.807) is 13.8 Å². The Hall–Kier alpha value is -1.42. The Kier molecular flexibility index (Phi) is 6.65. The number of benzene rings is 1. The molecule has 3 nitrogen and oxygen atoms in total. The quantitative estimate of drug-likeness (QED) is 0.806. The fourth-order valence-corrected chi connectivity index (χ4v) is 2.29. The van der Waals surface area contributed by atoms with Gasteiger partial charge in [0, 0.05) is 12.6 Å². The van der Waals surface area contributed by atoms with E-state index in [4.69, 9.17) is 0 Å². The van der Waals surface area contributed by atoms with Crippen LogP contribution >= 0.6 is 0 Å². The Labute approximate surface area is 121 Å². The van der Waals surface area contributed by atoms with Gasteiger partial charge in [-0.1, -0.05) is 25.5 Å². The first-order chi connectivity index (χ1) is 9.43. The van der Waals surface area contributed by atoms with Gasteiger partial charge in [-0.3, -0.25) is 4.79 Å². The van der Waals surface area contributed by atoms with E-state index in [0.29, 0.717) is 17.7 Å². The zero-order chi connectivity index (χ0) is 15.1. The van der Waals surface area contributed by atoms with Crippen molar-refractivity contribution in [3.63, 3.8) is 0 Å². The van der Waals surface area contributed by atoms with Gasteiger partial charge in [0.15, 0.2) is 0 Å². The van der Waals surface area contributed by atoms with Crippen molar-refractivity contribution in [2.24, 2.45) is 0 Å². The van der Waals surface area contributed by atoms with Crippen molar-refractivity contribution in [1.82, 2.24) is 10.6 Å². The Bertz CT molecular complexity index is 437. The van der Waals surface area contributed by atoms with Crippen molar-refractivity contribution < 1.29 is 9.18 Å². The lowest BCUT2D eigenvalue weighted by Crippen LogP contribution is -2.38. The molecule has 0 aromatic heterocycles. The molecular formula is C16H25FN2O. The molecule has 0 heterocycles. The molecular weight excluding hydrogens is 255 g/mol. The number of hydrogen-bond acceptors (Lipinski definition) is 2. The van der Waals surface area contributed by atoms with Gasteiger partial charge in [0.25, 0.3) is 0 Å². The van der Waals surface area contributed by atoms with E-state index >= 15 is 0 Å². The Balaban J connectivity index is 2.39. The highest BCUT2D eigenvalue weighted by Gasteiger charge is 2.07. The van der Waals surface area contributed by atoms with Crippen molar-refractivity contribution in [1.29, 1.82) is 0 Å². The van der Waals surface area contributed by atoms with E-state index in [1.165, 1.54) is 0 Å². The van der Waals surface area contributed by atoms with Crippen LogP contribution in [0.3, 0.4) is 0 Å². The highest BCUT2D eigenvalue weighted by molar-refractivity contribution is 5.78. The molecule has 1 aromatic rings. The van der Waals surface area contributed by atoms with Gasteiger partial charge in [-0.2, -0.15) is 0 Å². The van der Waals surface area contributed by atoms with Crippen LogP contribution in [-0.2, 0) is 11.3 Å². The van der Waals surface area contributed by atoms with Gasteiger partial charge in [0.05, 0.1) is 6.54 Å². The molecule has 0 aliphatic heterocycles. The average molecular weight is 280 g/mol. The van der Waals surface area contributed by atoms with Gasteiger partial charge in [-0.05, 0) is 43.9 Å². The molecule has 0 bridgehead atoms. The van der Waals surface area contributed by atoms with Crippen molar-refractivity contribution in [3.8, 4) is 0 Å². The van der Waals surface area contributed by atoms with Gasteiger partial charge in [0.2, 0.25) is 5.91 Å². The summed E-state index contributed by atoms with van der Waals surface area (Å²) < 4.78 is 13.5. The number of carbonyl (C=O) groups excluding carboxylic acids is 1. The molecule has 1 atom stereocenters. The van der Waals surface area contributed by atoms with Crippen molar-refractivity contribution in [3.05, 3.63) is 34.6 Å². The fourth-order valence-electron chi connectivity index (χ4n) is 2.29. The Morgan fingerprint density at radius 1 is 1.30 bits per heavy atom. The molecule has 4 heteroatoms. The first-order valence-corrected chi connectivity index (χ1v) is 7.19. The van der Waals surface area contributed by atoms with Crippen molar-refractivity contribution >= 4 is 5.91 Å². The summed E-state index contributed by atoms with van der Waals surface area (Å²) in [5.41, 5.74) is 2.28. The lowest BCUT2D eigenvalue weighted by Gasteiger charge is -2.13. The predicted molar refractivity (Wildman–Crippen MR) is 80.1 cm³/mol. The summed E-state index contributed by atoms with van der Waals surface area (Å²) in [7, 11) is 0. The van der Waals surface area contributed by atoms with Crippen molar-refractivity contribution in [2.45, 2.75) is 53.1 Å². The topological polar surface area (TPSA) is 41.1 Å². The van der Waals surface area contributed by atoms with Crippen LogP contribution in [0.4, 0.5) is 4.39 Å². The van der Waals surface area contributed by atoms with Crippen LogP contribution in [0.15, 0.2) is 12.1 Å². The van der Waals surface area contributed by atoms with Crippen LogP contribution in [0.2, 0.25) is 0 Å². The summed E-state index contributed by atoms with van der Waals surface area (Å²) in [5.74, 6) is -0.151. The molecule has 1 rings (SSSR count). The third-order valence-corrected chi connectivity index (χ3v) is 3.24. The van der Waals surface area contributed by atoms with Crippen LogP contribution in [0.5, 0.6) is 0 Å². The molecule has 112 valence electrons. The van der Waals surface area contributed by atoms with E-state index in [1.807, 2.05) is 19.1 Å². The minimum absolute atomic E-state index is 0.00139. The Morgan fingerprint density at radius 3 is 2.45 bits per heavy atom. The van der Waals surface area contributed by atoms with Gasteiger partial charge < -0.3 is 10.6 Å². The number of rotatable bonds is 7. The molecule has 0 aliphatic carbocycles. The van der Waals surface area contributed by atoms with Gasteiger partial charge >= 0.3 is 0 Å². The molecule has 0 radical (unpaired) electrons. The number of hydrogen-bond donors (Lipinski definition) is 2. The van der Waals surface area contributed by atoms with E-state index in [0.717, 1.165) is 18.4 Å². The second kappa shape index (κ2) is 8.00. The SMILES string of the molecule is CCCC(C)NC(=O)CNCc1cc(C)c(F)c(C)c1. The molecule has 0 saturated heterocycles. The fraction of sp³-hybridized carbons (Fsp3) is 0.562. The molecule has 0 spiro atoms. The van der Waals surface area contributed by atoms with E-state index < -0.39 is 0 Å². The number of amides is 1. The zero-order valence-electron chi connectivity index (χ0n) is 12.8. The van der Waals surface area contributed by atoms with Crippen LogP contribution in [-0.4, -0.2) is 18.5 Å². The third-order valence-electron chi connectivity index (χ3n) is 3.24. The highest BCUT2D eigenvalue weighted by Crippen LogP contribution is 2.14. The maximum atomic E-state index is 13.5. The van der Waals surface area contributed by atoms with Crippen LogP contribution in [0.1, 0.15) is 43.4 Å². The summed E-state index contributed by atoms with van der Waals surface area (Å²) in [6.45, 7) is 8.46. The molecule has 1 unspecified atom stereocenters. The lowest BCUT2D eigenvalue weighted by molar-refractivity contribution is -0.120. The highest BCUT2D eigenvalue weighted by atomic mass is 19.1. The molecule has 0 fully saturated rings. The predicted octanol–water partition coefficient (Wildman–Crippen LogP) is 2.84. The second-order valence-electron chi connectivity index (χ2n) is 5.40. The van der Waals surface area contributed by atoms with E-state index in [-0.39, 0.29) is 24.3 Å². The monoisotopic (exact) mass is 280 g/mol. The zero-order valence-corrected chi connectivity index (χ0v) is 12.8. The molecule has 1 amide bonds. The number of halogens is 1. The minimum atomic E-state index is -0.153. The normalized spacial score (nSPS) is 12.2. The Morgan fingerprint density at radius 2 is 1.90 bits per heavy atom. The summed E-state index contributed by atoms with van der Waals surface area (Å²) in [6.07, 6.45) is 2.05. The maximum absolute atomic E-state index is 13.5. The number of aryl methyl sites for hydroxylation is 2. The summed E-state index contributed by atoms with van der Waals surface area (Å²) in [5, 5.41) is 6.03. The molecule has 2 N–H and O–H groups in total. The molecule has 1 aromatic carbocycles. The third kappa shape index (κ3) is 5.29. The smallest absolute Gasteiger partial charge is 0.234 e. The molecule has 0 aliphatic rings. The van der Waals surface area contributed by atoms with Gasteiger partial charge in [0.1, 0.15) is 5.82 Å². The van der Waals surface area contributed by atoms with Gasteiger partial charge in [-0.15, -0.1) is 0 Å². The largest absolute Gasteiger partial charge is 0.353 e. The van der Waals surface area contributed by atoms with E-state index in [9.17, 15) is 9.18 Å². The first-order valence-electron chi connectivity index (χ1n) is 7.19. The van der Waals surface area contributed by atoms with Crippen LogP contribution < -0.4 is 10.6 Å². The molecule has 0 saturated carbocycles. The first kappa shape index (κ1) is 16.6. The lowest BCUT2D eigenvalue weighted by atomic mass is 10.1.